The van der Waals surface area contributed by atoms with Crippen molar-refractivity contribution in [1.29, 1.82) is 0 Å². The number of thioether (sulfide) groups is 1. The summed E-state index contributed by atoms with van der Waals surface area (Å²) < 4.78 is 0. The van der Waals surface area contributed by atoms with Gasteiger partial charge in [0.2, 0.25) is 0 Å². The molecular formula is C15H31NS. The van der Waals surface area contributed by atoms with E-state index in [1.807, 2.05) is 0 Å². The number of hydrogen-bond donors (Lipinski definition) is 1. The van der Waals surface area contributed by atoms with Crippen LogP contribution in [0.5, 0.6) is 0 Å². The molecule has 0 heterocycles. The third-order valence-electron chi connectivity index (χ3n) is 3.70. The van der Waals surface area contributed by atoms with E-state index in [4.69, 9.17) is 5.73 Å². The van der Waals surface area contributed by atoms with E-state index in [0.717, 1.165) is 5.25 Å². The van der Waals surface area contributed by atoms with Gasteiger partial charge in [-0.3, -0.25) is 0 Å². The van der Waals surface area contributed by atoms with E-state index < -0.39 is 0 Å². The fraction of sp³-hybridized carbons (Fsp3) is 1.00. The summed E-state index contributed by atoms with van der Waals surface area (Å²) in [5.41, 5.74) is 6.39. The van der Waals surface area contributed by atoms with Gasteiger partial charge >= 0.3 is 0 Å². The van der Waals surface area contributed by atoms with Crippen LogP contribution >= 0.6 is 11.8 Å². The van der Waals surface area contributed by atoms with Gasteiger partial charge in [-0.1, -0.05) is 65.2 Å². The van der Waals surface area contributed by atoms with Crippen LogP contribution in [0.15, 0.2) is 0 Å². The van der Waals surface area contributed by atoms with Crippen molar-refractivity contribution in [1.82, 2.24) is 0 Å². The third kappa shape index (κ3) is 7.35. The lowest BCUT2D eigenvalue weighted by Crippen LogP contribution is -2.33. The second-order valence-corrected chi connectivity index (χ2v) is 7.61. The first kappa shape index (κ1) is 15.4. The van der Waals surface area contributed by atoms with Crippen LogP contribution in [0.4, 0.5) is 0 Å². The minimum Gasteiger partial charge on any atom is -0.327 e. The molecule has 1 rings (SSSR count). The molecule has 0 aromatic heterocycles. The van der Waals surface area contributed by atoms with Gasteiger partial charge in [0.25, 0.3) is 0 Å². The van der Waals surface area contributed by atoms with Crippen LogP contribution in [-0.2, 0) is 0 Å². The topological polar surface area (TPSA) is 26.0 Å². The zero-order valence-electron chi connectivity index (χ0n) is 11.8. The molecule has 1 fully saturated rings. The lowest BCUT2D eigenvalue weighted by molar-refractivity contribution is 0.473. The highest BCUT2D eigenvalue weighted by Gasteiger charge is 2.19. The third-order valence-corrected chi connectivity index (χ3v) is 5.18. The molecule has 17 heavy (non-hydrogen) atoms. The van der Waals surface area contributed by atoms with Crippen LogP contribution in [0.1, 0.15) is 78.1 Å². The Morgan fingerprint density at radius 3 is 1.82 bits per heavy atom. The van der Waals surface area contributed by atoms with E-state index in [1.165, 1.54) is 64.2 Å². The molecule has 2 unspecified atom stereocenters. The Morgan fingerprint density at radius 1 is 0.824 bits per heavy atom. The van der Waals surface area contributed by atoms with Gasteiger partial charge in [0.15, 0.2) is 0 Å². The van der Waals surface area contributed by atoms with Crippen molar-refractivity contribution in [2.75, 3.05) is 0 Å². The van der Waals surface area contributed by atoms with Crippen LogP contribution in [0.25, 0.3) is 0 Å². The molecule has 0 amide bonds. The van der Waals surface area contributed by atoms with Gasteiger partial charge in [-0.25, -0.2) is 0 Å². The van der Waals surface area contributed by atoms with Gasteiger partial charge in [0.1, 0.15) is 0 Å². The Morgan fingerprint density at radius 2 is 1.29 bits per heavy atom. The molecule has 0 aromatic rings. The van der Waals surface area contributed by atoms with Crippen LogP contribution < -0.4 is 5.73 Å². The highest BCUT2D eigenvalue weighted by molar-refractivity contribution is 8.00. The molecule has 0 radical (unpaired) electrons. The molecule has 0 aromatic carbocycles. The van der Waals surface area contributed by atoms with Gasteiger partial charge in [0, 0.05) is 11.3 Å². The molecule has 1 nitrogen and oxygen atoms in total. The average Bonchev–Trinajstić information content (AvgIpc) is 2.27. The molecule has 0 aliphatic heterocycles. The maximum absolute atomic E-state index is 6.39. The first-order valence-electron chi connectivity index (χ1n) is 7.61. The quantitative estimate of drug-likeness (QED) is 0.773. The lowest BCUT2D eigenvalue weighted by Gasteiger charge is -2.25. The van der Waals surface area contributed by atoms with E-state index in [0.29, 0.717) is 11.3 Å². The Hall–Kier alpha value is 0.310. The van der Waals surface area contributed by atoms with Crippen molar-refractivity contribution >= 4 is 11.8 Å². The number of rotatable bonds is 2. The molecule has 1 saturated carbocycles. The predicted octanol–water partition coefficient (Wildman–Crippen LogP) is 4.74. The Labute approximate surface area is 112 Å². The molecule has 1 aliphatic rings. The minimum absolute atomic E-state index is 0.432. The highest BCUT2D eigenvalue weighted by Crippen LogP contribution is 2.27. The molecular weight excluding hydrogens is 226 g/mol. The molecule has 0 spiro atoms. The van der Waals surface area contributed by atoms with Crippen molar-refractivity contribution in [3.8, 4) is 0 Å². The van der Waals surface area contributed by atoms with Crippen LogP contribution in [-0.4, -0.2) is 16.5 Å². The molecule has 0 saturated heterocycles. The first-order chi connectivity index (χ1) is 8.20. The molecule has 1 aliphatic carbocycles. The summed E-state index contributed by atoms with van der Waals surface area (Å²) in [6, 6.07) is 0.432. The number of hydrogen-bond acceptors (Lipinski definition) is 2. The van der Waals surface area contributed by atoms with Gasteiger partial charge < -0.3 is 5.73 Å². The zero-order valence-corrected chi connectivity index (χ0v) is 12.6. The van der Waals surface area contributed by atoms with E-state index in [-0.39, 0.29) is 0 Å². The lowest BCUT2D eigenvalue weighted by atomic mass is 9.98. The van der Waals surface area contributed by atoms with Crippen molar-refractivity contribution < 1.29 is 0 Å². The van der Waals surface area contributed by atoms with Gasteiger partial charge in [-0.05, 0) is 18.1 Å². The van der Waals surface area contributed by atoms with E-state index in [9.17, 15) is 0 Å². The smallest absolute Gasteiger partial charge is 0.0201 e. The molecule has 2 atom stereocenters. The van der Waals surface area contributed by atoms with Crippen LogP contribution in [0.3, 0.4) is 0 Å². The minimum atomic E-state index is 0.432. The van der Waals surface area contributed by atoms with E-state index in [2.05, 4.69) is 25.6 Å². The Bertz CT molecular complexity index is 182. The molecule has 2 heteroatoms. The second-order valence-electron chi connectivity index (χ2n) is 5.79. The predicted molar refractivity (Wildman–Crippen MR) is 80.7 cm³/mol. The Balaban J connectivity index is 2.39. The second kappa shape index (κ2) is 9.27. The SMILES string of the molecule is CC(C)SC1CCCCCCCCCCC1N. The highest BCUT2D eigenvalue weighted by atomic mass is 32.2. The Kier molecular flexibility index (Phi) is 8.38. The number of nitrogens with two attached hydrogens (primary N) is 1. The summed E-state index contributed by atoms with van der Waals surface area (Å²) in [7, 11) is 0. The standard InChI is InChI=1S/C15H31NS/c1-13(2)17-15-12-10-8-6-4-3-5-7-9-11-14(15)16/h13-15H,3-12,16H2,1-2H3. The monoisotopic (exact) mass is 257 g/mol. The summed E-state index contributed by atoms with van der Waals surface area (Å²) in [5.74, 6) is 0. The molecule has 102 valence electrons. The summed E-state index contributed by atoms with van der Waals surface area (Å²) in [4.78, 5) is 0. The van der Waals surface area contributed by atoms with Gasteiger partial charge in [-0.2, -0.15) is 11.8 Å². The summed E-state index contributed by atoms with van der Waals surface area (Å²) in [5, 5.41) is 1.42. The van der Waals surface area contributed by atoms with E-state index in [1.54, 1.807) is 0 Å². The van der Waals surface area contributed by atoms with Crippen molar-refractivity contribution in [2.24, 2.45) is 5.73 Å². The first-order valence-corrected chi connectivity index (χ1v) is 8.55. The fourth-order valence-electron chi connectivity index (χ4n) is 2.70. The van der Waals surface area contributed by atoms with Gasteiger partial charge in [0.05, 0.1) is 0 Å². The fourth-order valence-corrected chi connectivity index (χ4v) is 4.04. The molecule has 2 N–H and O–H groups in total. The van der Waals surface area contributed by atoms with E-state index >= 15 is 0 Å². The van der Waals surface area contributed by atoms with Crippen molar-refractivity contribution in [2.45, 2.75) is 94.6 Å². The maximum atomic E-state index is 6.39. The van der Waals surface area contributed by atoms with Crippen LogP contribution in [0, 0.1) is 0 Å². The summed E-state index contributed by atoms with van der Waals surface area (Å²) in [6.07, 6.45) is 13.9. The zero-order chi connectivity index (χ0) is 12.5. The normalized spacial score (nSPS) is 29.6. The average molecular weight is 257 g/mol. The summed E-state index contributed by atoms with van der Waals surface area (Å²) >= 11 is 2.11. The van der Waals surface area contributed by atoms with Gasteiger partial charge in [-0.15, -0.1) is 0 Å². The molecule has 0 bridgehead atoms. The van der Waals surface area contributed by atoms with Crippen molar-refractivity contribution in [3.63, 3.8) is 0 Å². The maximum Gasteiger partial charge on any atom is 0.0201 e. The van der Waals surface area contributed by atoms with Crippen molar-refractivity contribution in [3.05, 3.63) is 0 Å². The largest absolute Gasteiger partial charge is 0.327 e. The summed E-state index contributed by atoms with van der Waals surface area (Å²) in [6.45, 7) is 4.60. The van der Waals surface area contributed by atoms with Crippen LogP contribution in [0.2, 0.25) is 0 Å².